The molecule has 32 heavy (non-hydrogen) atoms. The molecule has 2 aromatic rings. The van der Waals surface area contributed by atoms with Crippen LogP contribution in [0.2, 0.25) is 5.02 Å². The van der Waals surface area contributed by atoms with Gasteiger partial charge in [-0.25, -0.2) is 9.79 Å². The molecule has 0 bridgehead atoms. The van der Waals surface area contributed by atoms with Gasteiger partial charge in [0.25, 0.3) is 0 Å². The molecule has 166 valence electrons. The summed E-state index contributed by atoms with van der Waals surface area (Å²) in [6.45, 7) is 4.31. The van der Waals surface area contributed by atoms with Crippen LogP contribution in [-0.4, -0.2) is 29.8 Å². The number of carbonyl (C=O) groups is 1. The molecule has 0 N–H and O–H groups in total. The van der Waals surface area contributed by atoms with Gasteiger partial charge in [0.2, 0.25) is 0 Å². The van der Waals surface area contributed by atoms with Crippen LogP contribution in [0.3, 0.4) is 0 Å². The molecule has 0 saturated heterocycles. The maximum Gasteiger partial charge on any atom is 0.338 e. The highest BCUT2D eigenvalue weighted by molar-refractivity contribution is 8.16. The van der Waals surface area contributed by atoms with Gasteiger partial charge in [-0.15, -0.1) is 0 Å². The Bertz CT molecular complexity index is 1110. The number of halogens is 1. The molecule has 2 heterocycles. The number of nitrogens with zero attached hydrogens (tertiary/aromatic N) is 2. The summed E-state index contributed by atoms with van der Waals surface area (Å²) in [6.07, 6.45) is 1.93. The number of hydrogen-bond donors (Lipinski definition) is 0. The van der Waals surface area contributed by atoms with Crippen LogP contribution in [0.5, 0.6) is 11.5 Å². The van der Waals surface area contributed by atoms with Gasteiger partial charge < -0.3 is 19.1 Å². The van der Waals surface area contributed by atoms with Gasteiger partial charge in [-0.2, -0.15) is 0 Å². The van der Waals surface area contributed by atoms with Crippen molar-refractivity contribution in [3.05, 3.63) is 81.5 Å². The van der Waals surface area contributed by atoms with E-state index in [2.05, 4.69) is 4.99 Å². The van der Waals surface area contributed by atoms with E-state index in [1.807, 2.05) is 65.9 Å². The Labute approximate surface area is 196 Å². The van der Waals surface area contributed by atoms with Crippen LogP contribution in [0.25, 0.3) is 0 Å². The number of hydrogen-bond acceptors (Lipinski definition) is 7. The molecule has 8 heteroatoms. The minimum Gasteiger partial charge on any atom is -0.493 e. The lowest BCUT2D eigenvalue weighted by Crippen LogP contribution is -2.34. The summed E-state index contributed by atoms with van der Waals surface area (Å²) in [5.74, 6) is 0.822. The van der Waals surface area contributed by atoms with Crippen LogP contribution in [0, 0.1) is 0 Å². The zero-order chi connectivity index (χ0) is 22.7. The number of fused-ring (bicyclic) bond motifs is 1. The van der Waals surface area contributed by atoms with Gasteiger partial charge in [0.15, 0.2) is 16.7 Å². The Balaban J connectivity index is 1.65. The first kappa shape index (κ1) is 22.3. The number of methoxy groups -OCH3 is 1. The van der Waals surface area contributed by atoms with Crippen molar-refractivity contribution in [3.8, 4) is 11.5 Å². The zero-order valence-electron chi connectivity index (χ0n) is 18.0. The third-order valence-electron chi connectivity index (χ3n) is 5.13. The van der Waals surface area contributed by atoms with E-state index < -0.39 is 0 Å². The summed E-state index contributed by atoms with van der Waals surface area (Å²) in [4.78, 5) is 19.4. The number of thioether (sulfide) groups is 1. The molecule has 6 nitrogen and oxygen atoms in total. The van der Waals surface area contributed by atoms with Gasteiger partial charge in [-0.05, 0) is 54.6 Å². The quantitative estimate of drug-likeness (QED) is 0.484. The van der Waals surface area contributed by atoms with E-state index in [0.29, 0.717) is 41.0 Å². The fourth-order valence-electron chi connectivity index (χ4n) is 3.61. The smallest absolute Gasteiger partial charge is 0.338 e. The molecule has 0 saturated carbocycles. The van der Waals surface area contributed by atoms with Gasteiger partial charge in [-0.1, -0.05) is 41.6 Å². The van der Waals surface area contributed by atoms with E-state index in [4.69, 9.17) is 25.8 Å². The number of aliphatic imine (C=N–C) groups is 1. The van der Waals surface area contributed by atoms with Gasteiger partial charge in [0.05, 0.1) is 31.0 Å². The Morgan fingerprint density at radius 1 is 1.19 bits per heavy atom. The molecular weight excluding hydrogens is 448 g/mol. The highest BCUT2D eigenvalue weighted by Gasteiger charge is 2.37. The van der Waals surface area contributed by atoms with Crippen molar-refractivity contribution < 1.29 is 19.0 Å². The topological polar surface area (TPSA) is 60.4 Å². The third kappa shape index (κ3) is 4.49. The predicted octanol–water partition coefficient (Wildman–Crippen LogP) is 5.70. The maximum atomic E-state index is 12.8. The second kappa shape index (κ2) is 9.71. The molecule has 2 aliphatic rings. The summed E-state index contributed by atoms with van der Waals surface area (Å²) >= 11 is 7.47. The fourth-order valence-corrected chi connectivity index (χ4v) is 4.53. The van der Waals surface area contributed by atoms with E-state index in [1.54, 1.807) is 14.0 Å². The lowest BCUT2D eigenvalue weighted by molar-refractivity contribution is -0.139. The van der Waals surface area contributed by atoms with Gasteiger partial charge >= 0.3 is 5.97 Å². The summed E-state index contributed by atoms with van der Waals surface area (Å²) in [7, 11) is 1.60. The summed E-state index contributed by atoms with van der Waals surface area (Å²) in [5, 5.41) is 3.46. The predicted molar refractivity (Wildman–Crippen MR) is 127 cm³/mol. The van der Waals surface area contributed by atoms with Crippen molar-refractivity contribution in [2.24, 2.45) is 4.99 Å². The number of ether oxygens (including phenoxy) is 3. The van der Waals surface area contributed by atoms with Crippen molar-refractivity contribution in [3.63, 3.8) is 0 Å². The van der Waals surface area contributed by atoms with Gasteiger partial charge in [0.1, 0.15) is 6.61 Å². The lowest BCUT2D eigenvalue weighted by atomic mass is 9.94. The van der Waals surface area contributed by atoms with Crippen LogP contribution in [0.1, 0.15) is 31.0 Å². The number of esters is 1. The first-order chi connectivity index (χ1) is 15.5. The number of benzene rings is 2. The van der Waals surface area contributed by atoms with Crippen LogP contribution in [0.4, 0.5) is 0 Å². The fraction of sp³-hybridized carbons (Fsp3) is 0.250. The largest absolute Gasteiger partial charge is 0.493 e. The van der Waals surface area contributed by atoms with Gasteiger partial charge in [-0.3, -0.25) is 0 Å². The van der Waals surface area contributed by atoms with E-state index in [0.717, 1.165) is 16.3 Å². The van der Waals surface area contributed by atoms with Crippen LogP contribution < -0.4 is 9.47 Å². The molecule has 0 aliphatic carbocycles. The highest BCUT2D eigenvalue weighted by Crippen LogP contribution is 2.43. The molecular formula is C24H23ClN2O4S. The number of amidine groups is 1. The molecule has 1 atom stereocenters. The SMILES string of the molecule is CCOC(=O)C1=C(C)N=C2SC=CN2C1c1ccc(OCc2ccc(Cl)cc2)c(OC)c1. The molecule has 2 aliphatic heterocycles. The molecule has 4 rings (SSSR count). The van der Waals surface area contributed by atoms with E-state index >= 15 is 0 Å². The third-order valence-corrected chi connectivity index (χ3v) is 6.15. The summed E-state index contributed by atoms with van der Waals surface area (Å²) in [5.41, 5.74) is 3.04. The van der Waals surface area contributed by atoms with Crippen molar-refractivity contribution in [2.45, 2.75) is 26.5 Å². The highest BCUT2D eigenvalue weighted by atomic mass is 35.5. The van der Waals surface area contributed by atoms with Crippen molar-refractivity contribution in [1.82, 2.24) is 4.90 Å². The molecule has 0 fully saturated rings. The van der Waals surface area contributed by atoms with E-state index in [9.17, 15) is 4.79 Å². The van der Waals surface area contributed by atoms with Crippen molar-refractivity contribution in [1.29, 1.82) is 0 Å². The van der Waals surface area contributed by atoms with E-state index in [-0.39, 0.29) is 12.0 Å². The molecule has 0 aromatic heterocycles. The standard InChI is InChI=1S/C24H23ClN2O4S/c1-4-30-23(28)21-15(2)26-24-27(11-12-32-24)22(21)17-7-10-19(20(13-17)29-3)31-14-16-5-8-18(25)9-6-16/h5-13,22H,4,14H2,1-3H3. The van der Waals surface area contributed by atoms with Crippen LogP contribution >= 0.6 is 23.4 Å². The second-order valence-corrected chi connectivity index (χ2v) is 8.46. The molecule has 0 amide bonds. The summed E-state index contributed by atoms with van der Waals surface area (Å²) in [6, 6.07) is 12.8. The molecule has 2 aromatic carbocycles. The Morgan fingerprint density at radius 2 is 1.97 bits per heavy atom. The lowest BCUT2D eigenvalue weighted by Gasteiger charge is -2.33. The number of allylic oxidation sites excluding steroid dienone is 1. The first-order valence-electron chi connectivity index (χ1n) is 10.1. The zero-order valence-corrected chi connectivity index (χ0v) is 19.6. The number of carbonyl (C=O) groups excluding carboxylic acids is 1. The van der Waals surface area contributed by atoms with Crippen molar-refractivity contribution in [2.75, 3.05) is 13.7 Å². The molecule has 0 radical (unpaired) electrons. The molecule has 0 spiro atoms. The maximum absolute atomic E-state index is 12.8. The van der Waals surface area contributed by atoms with Crippen LogP contribution in [0.15, 0.2) is 70.3 Å². The van der Waals surface area contributed by atoms with Crippen molar-refractivity contribution >= 4 is 34.5 Å². The summed E-state index contributed by atoms with van der Waals surface area (Å²) < 4.78 is 16.9. The Hall–Kier alpha value is -2.90. The minimum absolute atomic E-state index is 0.296. The number of rotatable bonds is 7. The average molecular weight is 471 g/mol. The Kier molecular flexibility index (Phi) is 6.77. The van der Waals surface area contributed by atoms with Crippen LogP contribution in [-0.2, 0) is 16.1 Å². The van der Waals surface area contributed by atoms with E-state index in [1.165, 1.54) is 11.8 Å². The second-order valence-electron chi connectivity index (χ2n) is 7.15. The molecule has 1 unspecified atom stereocenters. The average Bonchev–Trinajstić information content (AvgIpc) is 3.25. The normalized spacial score (nSPS) is 17.2. The van der Waals surface area contributed by atoms with Gasteiger partial charge in [0, 0.05) is 11.2 Å². The first-order valence-corrected chi connectivity index (χ1v) is 11.4. The Morgan fingerprint density at radius 3 is 2.69 bits per heavy atom. The monoisotopic (exact) mass is 470 g/mol. The minimum atomic E-state index is -0.370.